The fraction of sp³-hybridized carbons (Fsp3) is 0.400. The van der Waals surface area contributed by atoms with Crippen LogP contribution in [0.25, 0.3) is 0 Å². The van der Waals surface area contributed by atoms with Crippen LogP contribution in [-0.2, 0) is 0 Å². The molecule has 0 heterocycles. The second kappa shape index (κ2) is 7.54. The van der Waals surface area contributed by atoms with Gasteiger partial charge in [-0.2, -0.15) is 0 Å². The summed E-state index contributed by atoms with van der Waals surface area (Å²) in [7, 11) is 0. The van der Waals surface area contributed by atoms with Gasteiger partial charge in [-0.15, -0.1) is 23.5 Å². The molecule has 7 heteroatoms. The van der Waals surface area contributed by atoms with Crippen molar-refractivity contribution in [2.24, 2.45) is 0 Å². The SMILES string of the molecule is O=[N+]([O-])c1cccc(SCCO)c1SCCO. The van der Waals surface area contributed by atoms with Crippen LogP contribution in [0.3, 0.4) is 0 Å². The van der Waals surface area contributed by atoms with Crippen LogP contribution in [0.1, 0.15) is 0 Å². The van der Waals surface area contributed by atoms with Gasteiger partial charge in [-0.1, -0.05) is 6.07 Å². The lowest BCUT2D eigenvalue weighted by atomic mass is 10.3. The second-order valence-corrected chi connectivity index (χ2v) is 5.25. The van der Waals surface area contributed by atoms with Gasteiger partial charge in [0.1, 0.15) is 0 Å². The quantitative estimate of drug-likeness (QED) is 0.448. The standard InChI is InChI=1S/C10H13NO4S2/c12-4-6-16-9-3-1-2-8(11(14)15)10(9)17-7-5-13/h1-3,12-13H,4-7H2. The predicted octanol–water partition coefficient (Wildman–Crippen LogP) is 1.76. The van der Waals surface area contributed by atoms with Crippen molar-refractivity contribution in [2.45, 2.75) is 9.79 Å². The zero-order chi connectivity index (χ0) is 12.7. The highest BCUT2D eigenvalue weighted by Crippen LogP contribution is 2.37. The van der Waals surface area contributed by atoms with E-state index < -0.39 is 4.92 Å². The number of hydrogen-bond acceptors (Lipinski definition) is 6. The topological polar surface area (TPSA) is 83.6 Å². The summed E-state index contributed by atoms with van der Waals surface area (Å²) in [6.45, 7) is -0.00170. The summed E-state index contributed by atoms with van der Waals surface area (Å²) in [6.07, 6.45) is 0. The van der Waals surface area contributed by atoms with Crippen LogP contribution < -0.4 is 0 Å². The molecule has 2 N–H and O–H groups in total. The molecule has 1 rings (SSSR count). The van der Waals surface area contributed by atoms with E-state index in [1.807, 2.05) is 0 Å². The lowest BCUT2D eigenvalue weighted by molar-refractivity contribution is -0.388. The maximum Gasteiger partial charge on any atom is 0.284 e. The molecular weight excluding hydrogens is 262 g/mol. The Kier molecular flexibility index (Phi) is 6.35. The highest BCUT2D eigenvalue weighted by Gasteiger charge is 2.17. The van der Waals surface area contributed by atoms with E-state index in [1.54, 1.807) is 12.1 Å². The Morgan fingerprint density at radius 1 is 1.18 bits per heavy atom. The molecule has 0 saturated heterocycles. The molecule has 0 aliphatic rings. The van der Waals surface area contributed by atoms with Gasteiger partial charge in [-0.3, -0.25) is 10.1 Å². The van der Waals surface area contributed by atoms with Crippen molar-refractivity contribution in [1.82, 2.24) is 0 Å². The maximum atomic E-state index is 10.9. The van der Waals surface area contributed by atoms with Gasteiger partial charge in [0.25, 0.3) is 5.69 Å². The van der Waals surface area contributed by atoms with E-state index >= 15 is 0 Å². The number of nitrogens with zero attached hydrogens (tertiary/aromatic N) is 1. The largest absolute Gasteiger partial charge is 0.396 e. The second-order valence-electron chi connectivity index (χ2n) is 3.01. The molecule has 0 aliphatic heterocycles. The molecular formula is C10H13NO4S2. The zero-order valence-electron chi connectivity index (χ0n) is 9.04. The number of rotatable bonds is 7. The van der Waals surface area contributed by atoms with Crippen LogP contribution in [-0.4, -0.2) is 39.9 Å². The minimum Gasteiger partial charge on any atom is -0.396 e. The first-order valence-corrected chi connectivity index (χ1v) is 6.92. The number of aliphatic hydroxyl groups is 2. The average molecular weight is 275 g/mol. The van der Waals surface area contributed by atoms with Gasteiger partial charge < -0.3 is 10.2 Å². The van der Waals surface area contributed by atoms with E-state index in [4.69, 9.17) is 10.2 Å². The smallest absolute Gasteiger partial charge is 0.284 e. The van der Waals surface area contributed by atoms with Crippen molar-refractivity contribution in [3.8, 4) is 0 Å². The Labute approximate surface area is 107 Å². The first kappa shape index (κ1) is 14.3. The molecule has 0 atom stereocenters. The molecule has 5 nitrogen and oxygen atoms in total. The molecule has 1 aromatic rings. The van der Waals surface area contributed by atoms with Gasteiger partial charge in [0.2, 0.25) is 0 Å². The zero-order valence-corrected chi connectivity index (χ0v) is 10.7. The molecule has 0 spiro atoms. The van der Waals surface area contributed by atoms with Crippen LogP contribution in [0, 0.1) is 10.1 Å². The van der Waals surface area contributed by atoms with Crippen molar-refractivity contribution in [1.29, 1.82) is 0 Å². The monoisotopic (exact) mass is 275 g/mol. The number of nitro benzene ring substituents is 1. The van der Waals surface area contributed by atoms with Crippen LogP contribution in [0.5, 0.6) is 0 Å². The third-order valence-electron chi connectivity index (χ3n) is 1.84. The van der Waals surface area contributed by atoms with Gasteiger partial charge in [-0.05, 0) is 6.07 Å². The Balaban J connectivity index is 3.00. The van der Waals surface area contributed by atoms with Gasteiger partial charge in [0.15, 0.2) is 0 Å². The third-order valence-corrected chi connectivity index (χ3v) is 4.11. The van der Waals surface area contributed by atoms with Crippen molar-refractivity contribution in [2.75, 3.05) is 24.7 Å². The number of thioether (sulfide) groups is 2. The molecule has 0 aromatic heterocycles. The van der Waals surface area contributed by atoms with E-state index in [0.717, 1.165) is 4.90 Å². The molecule has 0 fully saturated rings. The van der Waals surface area contributed by atoms with Gasteiger partial charge in [-0.25, -0.2) is 0 Å². The van der Waals surface area contributed by atoms with E-state index in [2.05, 4.69) is 0 Å². The Hall–Kier alpha value is -0.760. The minimum atomic E-state index is -0.428. The Bertz CT molecular complexity index is 387. The van der Waals surface area contributed by atoms with Gasteiger partial charge >= 0.3 is 0 Å². The van der Waals surface area contributed by atoms with Gasteiger partial charge in [0.05, 0.1) is 23.0 Å². The molecule has 17 heavy (non-hydrogen) atoms. The molecule has 0 radical (unpaired) electrons. The highest BCUT2D eigenvalue weighted by molar-refractivity contribution is 8.02. The lowest BCUT2D eigenvalue weighted by Gasteiger charge is -2.08. The van der Waals surface area contributed by atoms with Crippen molar-refractivity contribution in [3.05, 3.63) is 28.3 Å². The van der Waals surface area contributed by atoms with Crippen molar-refractivity contribution >= 4 is 29.2 Å². The molecule has 94 valence electrons. The van der Waals surface area contributed by atoms with Crippen molar-refractivity contribution < 1.29 is 15.1 Å². The van der Waals surface area contributed by atoms with Crippen molar-refractivity contribution in [3.63, 3.8) is 0 Å². The summed E-state index contributed by atoms with van der Waals surface area (Å²) >= 11 is 2.63. The Morgan fingerprint density at radius 2 is 1.82 bits per heavy atom. The molecule has 1 aromatic carbocycles. The summed E-state index contributed by atoms with van der Waals surface area (Å²) in [5, 5.41) is 28.4. The first-order chi connectivity index (χ1) is 8.20. The van der Waals surface area contributed by atoms with Crippen LogP contribution in [0.2, 0.25) is 0 Å². The number of nitro groups is 1. The number of aliphatic hydroxyl groups excluding tert-OH is 2. The van der Waals surface area contributed by atoms with E-state index in [0.29, 0.717) is 16.4 Å². The summed E-state index contributed by atoms with van der Waals surface area (Å²) in [5.74, 6) is 0.908. The maximum absolute atomic E-state index is 10.9. The molecule has 0 bridgehead atoms. The summed E-state index contributed by atoms with van der Waals surface area (Å²) in [6, 6.07) is 4.86. The van der Waals surface area contributed by atoms with E-state index in [9.17, 15) is 10.1 Å². The predicted molar refractivity (Wildman–Crippen MR) is 68.7 cm³/mol. The molecule has 0 unspecified atom stereocenters. The molecule has 0 saturated carbocycles. The lowest BCUT2D eigenvalue weighted by Crippen LogP contribution is -1.96. The summed E-state index contributed by atoms with van der Waals surface area (Å²) < 4.78 is 0. The summed E-state index contributed by atoms with van der Waals surface area (Å²) in [4.78, 5) is 11.8. The number of benzene rings is 1. The normalized spacial score (nSPS) is 10.5. The van der Waals surface area contributed by atoms with Crippen LogP contribution >= 0.6 is 23.5 Å². The fourth-order valence-electron chi connectivity index (χ4n) is 1.21. The van der Waals surface area contributed by atoms with Crippen LogP contribution in [0.15, 0.2) is 28.0 Å². The summed E-state index contributed by atoms with van der Waals surface area (Å²) in [5.41, 5.74) is 0.0476. The third kappa shape index (κ3) is 4.19. The Morgan fingerprint density at radius 3 is 2.41 bits per heavy atom. The van der Waals surface area contributed by atoms with Gasteiger partial charge in [0, 0.05) is 22.5 Å². The van der Waals surface area contributed by atoms with E-state index in [1.165, 1.54) is 29.6 Å². The molecule has 0 amide bonds. The average Bonchev–Trinajstić information content (AvgIpc) is 2.33. The minimum absolute atomic E-state index is 0.0253. The van der Waals surface area contributed by atoms with Crippen LogP contribution in [0.4, 0.5) is 5.69 Å². The number of hydrogen-bond donors (Lipinski definition) is 2. The molecule has 0 aliphatic carbocycles. The highest BCUT2D eigenvalue weighted by atomic mass is 32.2. The van der Waals surface area contributed by atoms with E-state index in [-0.39, 0.29) is 18.9 Å². The first-order valence-electron chi connectivity index (χ1n) is 4.95. The fourth-order valence-corrected chi connectivity index (χ4v) is 3.08.